The summed E-state index contributed by atoms with van der Waals surface area (Å²) in [6.07, 6.45) is 1.62. The quantitative estimate of drug-likeness (QED) is 0.925. The molecule has 96 valence electrons. The molecule has 1 N–H and O–H groups in total. The van der Waals surface area contributed by atoms with Gasteiger partial charge in [-0.25, -0.2) is 9.97 Å². The van der Waals surface area contributed by atoms with E-state index in [1.54, 1.807) is 6.26 Å². The third-order valence-electron chi connectivity index (χ3n) is 2.52. The van der Waals surface area contributed by atoms with Crippen LogP contribution in [0.3, 0.4) is 0 Å². The van der Waals surface area contributed by atoms with Gasteiger partial charge in [0.05, 0.1) is 10.7 Å². The number of aromatic nitrogens is 2. The molecule has 18 heavy (non-hydrogen) atoms. The highest BCUT2D eigenvalue weighted by Gasteiger charge is 2.14. The molecule has 5 heteroatoms. The summed E-state index contributed by atoms with van der Waals surface area (Å²) in [4.78, 5) is 9.01. The first-order valence-corrected chi connectivity index (χ1v) is 6.77. The number of halogens is 1. The van der Waals surface area contributed by atoms with Crippen molar-refractivity contribution in [3.8, 4) is 11.6 Å². The minimum atomic E-state index is 0.345. The Morgan fingerprint density at radius 3 is 2.72 bits per heavy atom. The zero-order valence-electron chi connectivity index (χ0n) is 10.7. The molecule has 0 saturated heterocycles. The molecule has 2 heterocycles. The lowest BCUT2D eigenvalue weighted by Crippen LogP contribution is -2.04. The third-order valence-corrected chi connectivity index (χ3v) is 3.14. The van der Waals surface area contributed by atoms with E-state index in [0.717, 1.165) is 22.5 Å². The maximum absolute atomic E-state index is 5.42. The van der Waals surface area contributed by atoms with Crippen LogP contribution in [0.15, 0.2) is 27.3 Å². The maximum atomic E-state index is 5.42. The Morgan fingerprint density at radius 1 is 1.39 bits per heavy atom. The number of rotatable bonds is 4. The second-order valence-electron chi connectivity index (χ2n) is 4.28. The van der Waals surface area contributed by atoms with Crippen molar-refractivity contribution in [2.24, 2.45) is 0 Å². The Hall–Kier alpha value is -1.36. The lowest BCUT2D eigenvalue weighted by atomic mass is 10.1. The number of anilines is 1. The molecular weight excluding hydrogens is 294 g/mol. The molecular formula is C13H16BrN3O. The molecule has 0 unspecified atom stereocenters. The van der Waals surface area contributed by atoms with E-state index in [-0.39, 0.29) is 0 Å². The van der Waals surface area contributed by atoms with Gasteiger partial charge in [-0.2, -0.15) is 0 Å². The summed E-state index contributed by atoms with van der Waals surface area (Å²) in [5, 5.41) is 3.22. The first kappa shape index (κ1) is 13.1. The minimum Gasteiger partial charge on any atom is -0.460 e. The highest BCUT2D eigenvalue weighted by molar-refractivity contribution is 9.10. The second-order valence-corrected chi connectivity index (χ2v) is 5.14. The third kappa shape index (κ3) is 2.72. The Morgan fingerprint density at radius 2 is 2.17 bits per heavy atom. The van der Waals surface area contributed by atoms with E-state index in [4.69, 9.17) is 4.42 Å². The Bertz CT molecular complexity index is 537. The van der Waals surface area contributed by atoms with Crippen LogP contribution in [0, 0.1) is 0 Å². The average molecular weight is 310 g/mol. The maximum Gasteiger partial charge on any atom is 0.199 e. The number of nitrogens with one attached hydrogen (secondary N) is 1. The molecule has 0 aromatic carbocycles. The van der Waals surface area contributed by atoms with Gasteiger partial charge in [0, 0.05) is 18.3 Å². The van der Waals surface area contributed by atoms with Crippen molar-refractivity contribution in [3.05, 3.63) is 28.6 Å². The molecule has 0 radical (unpaired) electrons. The van der Waals surface area contributed by atoms with Crippen molar-refractivity contribution >= 4 is 21.7 Å². The molecule has 0 bridgehead atoms. The van der Waals surface area contributed by atoms with Crippen molar-refractivity contribution in [2.75, 3.05) is 11.9 Å². The first-order valence-electron chi connectivity index (χ1n) is 5.98. The number of hydrogen-bond donors (Lipinski definition) is 1. The van der Waals surface area contributed by atoms with Gasteiger partial charge in [0.25, 0.3) is 0 Å². The molecule has 0 aliphatic carbocycles. The van der Waals surface area contributed by atoms with E-state index in [1.807, 2.05) is 19.1 Å². The minimum absolute atomic E-state index is 0.345. The first-order chi connectivity index (χ1) is 8.61. The SMILES string of the molecule is CCNc1cc(C(C)C)nc(-c2occc2Br)n1. The molecule has 0 aliphatic rings. The van der Waals surface area contributed by atoms with Gasteiger partial charge in [-0.05, 0) is 34.8 Å². The lowest BCUT2D eigenvalue weighted by Gasteiger charge is -2.10. The van der Waals surface area contributed by atoms with Crippen LogP contribution in [-0.4, -0.2) is 16.5 Å². The van der Waals surface area contributed by atoms with Gasteiger partial charge in [-0.3, -0.25) is 0 Å². The molecule has 0 atom stereocenters. The Balaban J connectivity index is 2.50. The fraction of sp³-hybridized carbons (Fsp3) is 0.385. The zero-order chi connectivity index (χ0) is 13.1. The molecule has 0 saturated carbocycles. The van der Waals surface area contributed by atoms with Gasteiger partial charge in [-0.15, -0.1) is 0 Å². The van der Waals surface area contributed by atoms with Crippen LogP contribution in [0.25, 0.3) is 11.6 Å². The smallest absolute Gasteiger partial charge is 0.199 e. The van der Waals surface area contributed by atoms with Gasteiger partial charge in [-0.1, -0.05) is 13.8 Å². The summed E-state index contributed by atoms with van der Waals surface area (Å²) in [7, 11) is 0. The number of furan rings is 1. The average Bonchev–Trinajstić information content (AvgIpc) is 2.75. The lowest BCUT2D eigenvalue weighted by molar-refractivity contribution is 0.575. The van der Waals surface area contributed by atoms with Crippen LogP contribution in [-0.2, 0) is 0 Å². The summed E-state index contributed by atoms with van der Waals surface area (Å²) < 4.78 is 6.29. The van der Waals surface area contributed by atoms with E-state index >= 15 is 0 Å². The second kappa shape index (κ2) is 5.52. The van der Waals surface area contributed by atoms with Crippen molar-refractivity contribution < 1.29 is 4.42 Å². The van der Waals surface area contributed by atoms with E-state index < -0.39 is 0 Å². The monoisotopic (exact) mass is 309 g/mol. The summed E-state index contributed by atoms with van der Waals surface area (Å²) in [5.74, 6) is 2.44. The van der Waals surface area contributed by atoms with Crippen LogP contribution < -0.4 is 5.32 Å². The van der Waals surface area contributed by atoms with Gasteiger partial charge in [0.2, 0.25) is 0 Å². The molecule has 2 aromatic heterocycles. The van der Waals surface area contributed by atoms with Crippen molar-refractivity contribution in [3.63, 3.8) is 0 Å². The molecule has 2 rings (SSSR count). The summed E-state index contributed by atoms with van der Waals surface area (Å²) >= 11 is 3.43. The largest absolute Gasteiger partial charge is 0.460 e. The van der Waals surface area contributed by atoms with E-state index in [0.29, 0.717) is 17.5 Å². The van der Waals surface area contributed by atoms with Gasteiger partial charge >= 0.3 is 0 Å². The predicted molar refractivity (Wildman–Crippen MR) is 75.7 cm³/mol. The summed E-state index contributed by atoms with van der Waals surface area (Å²) in [6.45, 7) is 7.09. The van der Waals surface area contributed by atoms with Crippen molar-refractivity contribution in [2.45, 2.75) is 26.7 Å². The molecule has 0 amide bonds. The predicted octanol–water partition coefficient (Wildman–Crippen LogP) is 4.05. The Kier molecular flexibility index (Phi) is 4.01. The molecule has 4 nitrogen and oxygen atoms in total. The fourth-order valence-electron chi connectivity index (χ4n) is 1.59. The number of nitrogens with zero attached hydrogens (tertiary/aromatic N) is 2. The highest BCUT2D eigenvalue weighted by atomic mass is 79.9. The standard InChI is InChI=1S/C13H16BrN3O/c1-4-15-11-7-10(8(2)3)16-13(17-11)12-9(14)5-6-18-12/h5-8H,4H2,1-3H3,(H,15,16,17). The highest BCUT2D eigenvalue weighted by Crippen LogP contribution is 2.28. The van der Waals surface area contributed by atoms with Gasteiger partial charge < -0.3 is 9.73 Å². The van der Waals surface area contributed by atoms with Crippen LogP contribution in [0.1, 0.15) is 32.4 Å². The topological polar surface area (TPSA) is 51.0 Å². The molecule has 2 aromatic rings. The van der Waals surface area contributed by atoms with Crippen LogP contribution in [0.2, 0.25) is 0 Å². The van der Waals surface area contributed by atoms with Crippen molar-refractivity contribution in [1.82, 2.24) is 9.97 Å². The van der Waals surface area contributed by atoms with E-state index in [2.05, 4.69) is 45.1 Å². The zero-order valence-corrected chi connectivity index (χ0v) is 12.3. The van der Waals surface area contributed by atoms with Gasteiger partial charge in [0.15, 0.2) is 11.6 Å². The molecule has 0 spiro atoms. The summed E-state index contributed by atoms with van der Waals surface area (Å²) in [5.41, 5.74) is 0.999. The van der Waals surface area contributed by atoms with E-state index in [9.17, 15) is 0 Å². The van der Waals surface area contributed by atoms with Crippen LogP contribution >= 0.6 is 15.9 Å². The fourth-order valence-corrected chi connectivity index (χ4v) is 1.97. The summed E-state index contributed by atoms with van der Waals surface area (Å²) in [6, 6.07) is 3.82. The van der Waals surface area contributed by atoms with Crippen molar-refractivity contribution in [1.29, 1.82) is 0 Å². The van der Waals surface area contributed by atoms with E-state index in [1.165, 1.54) is 0 Å². The Labute approximate surface area is 115 Å². The van der Waals surface area contributed by atoms with Crippen LogP contribution in [0.5, 0.6) is 0 Å². The molecule has 0 aliphatic heterocycles. The van der Waals surface area contributed by atoms with Crippen LogP contribution in [0.4, 0.5) is 5.82 Å². The number of hydrogen-bond acceptors (Lipinski definition) is 4. The van der Waals surface area contributed by atoms with Gasteiger partial charge in [0.1, 0.15) is 5.82 Å². The normalized spacial score (nSPS) is 10.9. The molecule has 0 fully saturated rings.